The largest absolute Gasteiger partial charge is 0.468 e. The lowest BCUT2D eigenvalue weighted by Crippen LogP contribution is -2.61. The molecule has 0 aromatic heterocycles. The van der Waals surface area contributed by atoms with E-state index < -0.39 is 5.54 Å². The van der Waals surface area contributed by atoms with Gasteiger partial charge in [-0.25, -0.2) is 0 Å². The molecule has 0 bridgehead atoms. The van der Waals surface area contributed by atoms with Gasteiger partial charge in [0.05, 0.1) is 7.11 Å². The second kappa shape index (κ2) is 7.41. The summed E-state index contributed by atoms with van der Waals surface area (Å²) in [7, 11) is 1.47. The fourth-order valence-corrected chi connectivity index (χ4v) is 3.27. The summed E-state index contributed by atoms with van der Waals surface area (Å²) >= 11 is 0. The quantitative estimate of drug-likeness (QED) is 0.760. The van der Waals surface area contributed by atoms with Crippen molar-refractivity contribution in [1.82, 2.24) is 10.2 Å². The van der Waals surface area contributed by atoms with Gasteiger partial charge in [0, 0.05) is 19.1 Å². The Morgan fingerprint density at radius 3 is 2.60 bits per heavy atom. The lowest BCUT2D eigenvalue weighted by atomic mass is 9.84. The molecule has 0 aliphatic carbocycles. The molecular formula is C16H32N2O2. The van der Waals surface area contributed by atoms with Crippen molar-refractivity contribution in [1.29, 1.82) is 0 Å². The van der Waals surface area contributed by atoms with E-state index in [1.807, 2.05) is 6.92 Å². The van der Waals surface area contributed by atoms with Gasteiger partial charge in [0.25, 0.3) is 0 Å². The van der Waals surface area contributed by atoms with Gasteiger partial charge in [0.1, 0.15) is 5.54 Å². The molecule has 0 amide bonds. The number of ether oxygens (including phenoxy) is 1. The average Bonchev–Trinajstić information content (AvgIpc) is 2.41. The Bertz CT molecular complexity index is 322. The SMILES string of the molecule is CCCNC(C)(CN1CC(C)CC(C)C1C)C(=O)OC. The third-order valence-electron chi connectivity index (χ3n) is 4.64. The van der Waals surface area contributed by atoms with E-state index in [-0.39, 0.29) is 5.97 Å². The first kappa shape index (κ1) is 17.4. The molecule has 1 aliphatic heterocycles. The molecule has 1 rings (SSSR count). The van der Waals surface area contributed by atoms with E-state index in [1.165, 1.54) is 13.5 Å². The van der Waals surface area contributed by atoms with E-state index in [0.717, 1.165) is 26.1 Å². The van der Waals surface area contributed by atoms with E-state index in [0.29, 0.717) is 17.9 Å². The van der Waals surface area contributed by atoms with Gasteiger partial charge in [0.2, 0.25) is 0 Å². The van der Waals surface area contributed by atoms with Crippen molar-refractivity contribution in [2.45, 2.75) is 59.0 Å². The number of carbonyl (C=O) groups excluding carboxylic acids is 1. The second-order valence-electron chi connectivity index (χ2n) is 6.74. The Morgan fingerprint density at radius 2 is 2.05 bits per heavy atom. The number of hydrogen-bond donors (Lipinski definition) is 1. The molecule has 4 unspecified atom stereocenters. The van der Waals surface area contributed by atoms with Gasteiger partial charge >= 0.3 is 5.97 Å². The molecule has 118 valence electrons. The molecule has 20 heavy (non-hydrogen) atoms. The van der Waals surface area contributed by atoms with E-state index in [1.54, 1.807) is 0 Å². The van der Waals surface area contributed by atoms with Crippen molar-refractivity contribution in [3.05, 3.63) is 0 Å². The van der Waals surface area contributed by atoms with Gasteiger partial charge in [-0.15, -0.1) is 0 Å². The van der Waals surface area contributed by atoms with Gasteiger partial charge in [-0.05, 0) is 45.1 Å². The molecule has 0 spiro atoms. The van der Waals surface area contributed by atoms with Crippen molar-refractivity contribution < 1.29 is 9.53 Å². The van der Waals surface area contributed by atoms with Crippen LogP contribution < -0.4 is 5.32 Å². The van der Waals surface area contributed by atoms with E-state index in [2.05, 4.69) is 37.9 Å². The first-order valence-corrected chi connectivity index (χ1v) is 7.91. The molecule has 4 atom stereocenters. The second-order valence-corrected chi connectivity index (χ2v) is 6.74. The smallest absolute Gasteiger partial charge is 0.327 e. The highest BCUT2D eigenvalue weighted by molar-refractivity contribution is 5.80. The summed E-state index contributed by atoms with van der Waals surface area (Å²) < 4.78 is 5.01. The van der Waals surface area contributed by atoms with Crippen LogP contribution in [0.15, 0.2) is 0 Å². The molecule has 0 radical (unpaired) electrons. The highest BCUT2D eigenvalue weighted by Crippen LogP contribution is 2.28. The third kappa shape index (κ3) is 4.19. The standard InChI is InChI=1S/C16H32N2O2/c1-7-8-17-16(5,15(19)20-6)11-18-10-12(2)9-13(3)14(18)4/h12-14,17H,7-11H2,1-6H3. The van der Waals surface area contributed by atoms with E-state index >= 15 is 0 Å². The summed E-state index contributed by atoms with van der Waals surface area (Å²) in [6, 6.07) is 0.513. The minimum Gasteiger partial charge on any atom is -0.468 e. The van der Waals surface area contributed by atoms with Gasteiger partial charge in [-0.2, -0.15) is 0 Å². The molecule has 0 saturated carbocycles. The van der Waals surface area contributed by atoms with Crippen LogP contribution in [0.1, 0.15) is 47.5 Å². The van der Waals surface area contributed by atoms with Crippen LogP contribution in [0.25, 0.3) is 0 Å². The van der Waals surface area contributed by atoms with Crippen molar-refractivity contribution in [3.8, 4) is 0 Å². The van der Waals surface area contributed by atoms with Crippen LogP contribution in [0.2, 0.25) is 0 Å². The minimum atomic E-state index is -0.615. The van der Waals surface area contributed by atoms with Gasteiger partial charge in [-0.3, -0.25) is 9.69 Å². The maximum absolute atomic E-state index is 12.2. The Hall–Kier alpha value is -0.610. The van der Waals surface area contributed by atoms with Crippen molar-refractivity contribution in [2.24, 2.45) is 11.8 Å². The molecule has 0 aromatic rings. The number of carbonyl (C=O) groups is 1. The molecule has 1 aliphatic rings. The number of esters is 1. The Balaban J connectivity index is 2.79. The zero-order valence-electron chi connectivity index (χ0n) is 14.0. The third-order valence-corrected chi connectivity index (χ3v) is 4.64. The summed E-state index contributed by atoms with van der Waals surface area (Å²) in [5, 5.41) is 3.38. The molecule has 0 aromatic carbocycles. The highest BCUT2D eigenvalue weighted by atomic mass is 16.5. The zero-order chi connectivity index (χ0) is 15.3. The molecule has 1 saturated heterocycles. The lowest BCUT2D eigenvalue weighted by molar-refractivity contribution is -0.149. The Morgan fingerprint density at radius 1 is 1.40 bits per heavy atom. The summed E-state index contributed by atoms with van der Waals surface area (Å²) in [6.07, 6.45) is 2.28. The first-order valence-electron chi connectivity index (χ1n) is 7.91. The van der Waals surface area contributed by atoms with Crippen LogP contribution in [0.4, 0.5) is 0 Å². The van der Waals surface area contributed by atoms with Crippen LogP contribution in [-0.4, -0.2) is 49.2 Å². The van der Waals surface area contributed by atoms with Crippen LogP contribution in [0, 0.1) is 11.8 Å². The normalized spacial score (nSPS) is 30.8. The van der Waals surface area contributed by atoms with Gasteiger partial charge in [-0.1, -0.05) is 20.8 Å². The molecule has 1 N–H and O–H groups in total. The summed E-state index contributed by atoms with van der Waals surface area (Å²) in [5.74, 6) is 1.20. The summed E-state index contributed by atoms with van der Waals surface area (Å²) in [6.45, 7) is 13.6. The molecular weight excluding hydrogens is 252 g/mol. The molecule has 1 fully saturated rings. The van der Waals surface area contributed by atoms with Gasteiger partial charge < -0.3 is 10.1 Å². The number of likely N-dealkylation sites (tertiary alicyclic amines) is 1. The average molecular weight is 284 g/mol. The van der Waals surface area contributed by atoms with Crippen molar-refractivity contribution in [3.63, 3.8) is 0 Å². The number of methoxy groups -OCH3 is 1. The number of hydrogen-bond acceptors (Lipinski definition) is 4. The number of nitrogens with one attached hydrogen (secondary N) is 1. The van der Waals surface area contributed by atoms with Crippen molar-refractivity contribution >= 4 is 5.97 Å². The maximum Gasteiger partial charge on any atom is 0.327 e. The van der Waals surface area contributed by atoms with Crippen LogP contribution >= 0.6 is 0 Å². The molecule has 4 heteroatoms. The summed E-state index contributed by atoms with van der Waals surface area (Å²) in [4.78, 5) is 14.6. The maximum atomic E-state index is 12.2. The van der Waals surface area contributed by atoms with Crippen LogP contribution in [0.5, 0.6) is 0 Å². The number of piperidine rings is 1. The monoisotopic (exact) mass is 284 g/mol. The topological polar surface area (TPSA) is 41.6 Å². The van der Waals surface area contributed by atoms with Crippen LogP contribution in [0.3, 0.4) is 0 Å². The van der Waals surface area contributed by atoms with Crippen molar-refractivity contribution in [2.75, 3.05) is 26.7 Å². The minimum absolute atomic E-state index is 0.163. The van der Waals surface area contributed by atoms with Crippen LogP contribution in [-0.2, 0) is 9.53 Å². The predicted molar refractivity (Wildman–Crippen MR) is 82.7 cm³/mol. The first-order chi connectivity index (χ1) is 9.34. The fraction of sp³-hybridized carbons (Fsp3) is 0.938. The Labute approximate surface area is 124 Å². The Kier molecular flexibility index (Phi) is 6.46. The fourth-order valence-electron chi connectivity index (χ4n) is 3.27. The molecule has 1 heterocycles. The van der Waals surface area contributed by atoms with E-state index in [9.17, 15) is 4.79 Å². The highest BCUT2D eigenvalue weighted by Gasteiger charge is 2.39. The van der Waals surface area contributed by atoms with Gasteiger partial charge in [0.15, 0.2) is 0 Å². The number of rotatable bonds is 6. The zero-order valence-corrected chi connectivity index (χ0v) is 14.0. The lowest BCUT2D eigenvalue weighted by Gasteiger charge is -2.44. The predicted octanol–water partition coefficient (Wildman–Crippen LogP) is 2.28. The van der Waals surface area contributed by atoms with E-state index in [4.69, 9.17) is 4.74 Å². The number of nitrogens with zero attached hydrogens (tertiary/aromatic N) is 1. The summed E-state index contributed by atoms with van der Waals surface area (Å²) in [5.41, 5.74) is -0.615. The molecule has 4 nitrogen and oxygen atoms in total.